The van der Waals surface area contributed by atoms with Gasteiger partial charge in [-0.15, -0.1) is 0 Å². The number of rotatable bonds is 8. The van der Waals surface area contributed by atoms with Gasteiger partial charge in [-0.2, -0.15) is 4.98 Å². The van der Waals surface area contributed by atoms with E-state index in [1.54, 1.807) is 7.11 Å². The van der Waals surface area contributed by atoms with Gasteiger partial charge in [0.2, 0.25) is 11.7 Å². The van der Waals surface area contributed by atoms with Gasteiger partial charge < -0.3 is 14.0 Å². The SMILES string of the molecule is CCOC(=O)C1(Cc2cccc(OC)c2)CCN(Cc2nc(-c3ccccc3)no2)CC1. The van der Waals surface area contributed by atoms with Crippen LogP contribution in [0, 0.1) is 5.41 Å². The number of hydrogen-bond donors (Lipinski definition) is 0. The van der Waals surface area contributed by atoms with Crippen molar-refractivity contribution < 1.29 is 18.8 Å². The lowest BCUT2D eigenvalue weighted by molar-refractivity contribution is -0.158. The molecule has 0 radical (unpaired) electrons. The summed E-state index contributed by atoms with van der Waals surface area (Å²) in [6.07, 6.45) is 2.06. The number of esters is 1. The van der Waals surface area contributed by atoms with E-state index in [1.165, 1.54) is 0 Å². The Morgan fingerprint density at radius 2 is 1.91 bits per heavy atom. The standard InChI is InChI=1S/C25H29N3O4/c1-3-31-24(29)25(17-19-8-7-11-21(16-19)30-2)12-14-28(15-13-25)18-22-26-23(27-32-22)20-9-5-4-6-10-20/h4-11,16H,3,12-15,17-18H2,1-2H3. The van der Waals surface area contributed by atoms with E-state index in [4.69, 9.17) is 14.0 Å². The van der Waals surface area contributed by atoms with Gasteiger partial charge in [-0.05, 0) is 57.0 Å². The highest BCUT2D eigenvalue weighted by molar-refractivity contribution is 5.77. The van der Waals surface area contributed by atoms with Crippen molar-refractivity contribution in [2.45, 2.75) is 32.7 Å². The molecule has 0 spiro atoms. The van der Waals surface area contributed by atoms with Crippen molar-refractivity contribution in [1.82, 2.24) is 15.0 Å². The van der Waals surface area contributed by atoms with Crippen LogP contribution in [0.25, 0.3) is 11.4 Å². The molecule has 0 amide bonds. The van der Waals surface area contributed by atoms with Gasteiger partial charge in [0.25, 0.3) is 0 Å². The maximum absolute atomic E-state index is 13.0. The smallest absolute Gasteiger partial charge is 0.312 e. The summed E-state index contributed by atoms with van der Waals surface area (Å²) in [6.45, 7) is 4.31. The third kappa shape index (κ3) is 4.99. The number of aromatic nitrogens is 2. The first-order valence-corrected chi connectivity index (χ1v) is 11.0. The average Bonchev–Trinajstić information content (AvgIpc) is 3.30. The summed E-state index contributed by atoms with van der Waals surface area (Å²) in [7, 11) is 1.65. The van der Waals surface area contributed by atoms with Crippen LogP contribution in [0.15, 0.2) is 59.1 Å². The minimum atomic E-state index is -0.539. The first-order chi connectivity index (χ1) is 15.6. The number of methoxy groups -OCH3 is 1. The van der Waals surface area contributed by atoms with E-state index < -0.39 is 5.41 Å². The highest BCUT2D eigenvalue weighted by Gasteiger charge is 2.43. The van der Waals surface area contributed by atoms with Crippen LogP contribution in [0.3, 0.4) is 0 Å². The number of carbonyl (C=O) groups is 1. The fraction of sp³-hybridized carbons (Fsp3) is 0.400. The molecule has 0 saturated carbocycles. The normalized spacial score (nSPS) is 15.9. The Kier molecular flexibility index (Phi) is 6.85. The monoisotopic (exact) mass is 435 g/mol. The van der Waals surface area contributed by atoms with E-state index >= 15 is 0 Å². The molecule has 0 unspecified atom stereocenters. The van der Waals surface area contributed by atoms with Crippen LogP contribution in [-0.2, 0) is 22.5 Å². The molecule has 4 rings (SSSR count). The predicted octanol–water partition coefficient (Wildman–Crippen LogP) is 4.13. The summed E-state index contributed by atoms with van der Waals surface area (Å²) < 4.78 is 16.3. The van der Waals surface area contributed by atoms with E-state index in [2.05, 4.69) is 15.0 Å². The first-order valence-electron chi connectivity index (χ1n) is 11.0. The number of benzene rings is 2. The molecule has 2 heterocycles. The second-order valence-electron chi connectivity index (χ2n) is 8.18. The zero-order chi connectivity index (χ0) is 22.4. The predicted molar refractivity (Wildman–Crippen MR) is 120 cm³/mol. The van der Waals surface area contributed by atoms with Gasteiger partial charge in [0.05, 0.1) is 25.7 Å². The maximum Gasteiger partial charge on any atom is 0.312 e. The van der Waals surface area contributed by atoms with Crippen molar-refractivity contribution in [2.75, 3.05) is 26.8 Å². The lowest BCUT2D eigenvalue weighted by Crippen LogP contribution is -2.46. The Hall–Kier alpha value is -3.19. The minimum absolute atomic E-state index is 0.119. The van der Waals surface area contributed by atoms with Crippen LogP contribution in [0.5, 0.6) is 5.75 Å². The molecule has 2 aromatic carbocycles. The van der Waals surface area contributed by atoms with Gasteiger partial charge in [0, 0.05) is 5.56 Å². The molecule has 1 saturated heterocycles. The molecular weight excluding hydrogens is 406 g/mol. The van der Waals surface area contributed by atoms with Crippen LogP contribution < -0.4 is 4.74 Å². The molecule has 32 heavy (non-hydrogen) atoms. The summed E-state index contributed by atoms with van der Waals surface area (Å²) in [5.41, 5.74) is 1.47. The minimum Gasteiger partial charge on any atom is -0.497 e. The van der Waals surface area contributed by atoms with Crippen molar-refractivity contribution in [3.05, 3.63) is 66.1 Å². The molecule has 7 nitrogen and oxygen atoms in total. The topological polar surface area (TPSA) is 77.7 Å². The zero-order valence-electron chi connectivity index (χ0n) is 18.6. The van der Waals surface area contributed by atoms with Gasteiger partial charge in [-0.1, -0.05) is 47.6 Å². The molecule has 1 aromatic heterocycles. The van der Waals surface area contributed by atoms with Crippen LogP contribution in [0.2, 0.25) is 0 Å². The summed E-state index contributed by atoms with van der Waals surface area (Å²) >= 11 is 0. The van der Waals surface area contributed by atoms with Gasteiger partial charge >= 0.3 is 5.97 Å². The van der Waals surface area contributed by atoms with Crippen LogP contribution >= 0.6 is 0 Å². The molecule has 3 aromatic rings. The molecular formula is C25H29N3O4. The molecule has 1 aliphatic heterocycles. The Bertz CT molecular complexity index is 1030. The third-order valence-corrected chi connectivity index (χ3v) is 6.06. The van der Waals surface area contributed by atoms with E-state index in [0.29, 0.717) is 44.1 Å². The average molecular weight is 436 g/mol. The summed E-state index contributed by atoms with van der Waals surface area (Å²) in [6, 6.07) is 17.7. The van der Waals surface area contributed by atoms with Crippen molar-refractivity contribution in [3.8, 4) is 17.1 Å². The highest BCUT2D eigenvalue weighted by atomic mass is 16.5. The largest absolute Gasteiger partial charge is 0.497 e. The molecule has 168 valence electrons. The van der Waals surface area contributed by atoms with E-state index in [9.17, 15) is 4.79 Å². The van der Waals surface area contributed by atoms with Crippen molar-refractivity contribution >= 4 is 5.97 Å². The summed E-state index contributed by atoms with van der Waals surface area (Å²) in [5.74, 6) is 1.85. The van der Waals surface area contributed by atoms with Crippen molar-refractivity contribution in [3.63, 3.8) is 0 Å². The number of hydrogen-bond acceptors (Lipinski definition) is 7. The lowest BCUT2D eigenvalue weighted by Gasteiger charge is -2.39. The van der Waals surface area contributed by atoms with Gasteiger partial charge in [-0.25, -0.2) is 0 Å². The number of nitrogens with zero attached hydrogens (tertiary/aromatic N) is 3. The van der Waals surface area contributed by atoms with Crippen LogP contribution in [0.4, 0.5) is 0 Å². The van der Waals surface area contributed by atoms with Crippen LogP contribution in [-0.4, -0.2) is 47.8 Å². The molecule has 0 bridgehead atoms. The molecule has 1 fully saturated rings. The number of ether oxygens (including phenoxy) is 2. The Balaban J connectivity index is 1.43. The van der Waals surface area contributed by atoms with E-state index in [1.807, 2.05) is 61.5 Å². The second-order valence-corrected chi connectivity index (χ2v) is 8.18. The fourth-order valence-corrected chi connectivity index (χ4v) is 4.26. The van der Waals surface area contributed by atoms with E-state index in [0.717, 1.165) is 30.0 Å². The molecule has 0 N–H and O–H groups in total. The van der Waals surface area contributed by atoms with Gasteiger partial charge in [0.15, 0.2) is 0 Å². The summed E-state index contributed by atoms with van der Waals surface area (Å²) in [5, 5.41) is 4.11. The van der Waals surface area contributed by atoms with Gasteiger partial charge in [0.1, 0.15) is 5.75 Å². The fourth-order valence-electron chi connectivity index (χ4n) is 4.26. The third-order valence-electron chi connectivity index (χ3n) is 6.06. The van der Waals surface area contributed by atoms with E-state index in [-0.39, 0.29) is 5.97 Å². The first kappa shape index (κ1) is 22.0. The number of piperidine rings is 1. The second kappa shape index (κ2) is 9.96. The van der Waals surface area contributed by atoms with Crippen molar-refractivity contribution in [2.24, 2.45) is 5.41 Å². The number of likely N-dealkylation sites (tertiary alicyclic amines) is 1. The highest BCUT2D eigenvalue weighted by Crippen LogP contribution is 2.37. The molecule has 0 atom stereocenters. The Morgan fingerprint density at radius 1 is 1.12 bits per heavy atom. The quantitative estimate of drug-likeness (QED) is 0.492. The Morgan fingerprint density at radius 3 is 2.62 bits per heavy atom. The lowest BCUT2D eigenvalue weighted by atomic mass is 9.73. The summed E-state index contributed by atoms with van der Waals surface area (Å²) in [4.78, 5) is 19.8. The Labute approximate surface area is 188 Å². The van der Waals surface area contributed by atoms with Crippen LogP contribution in [0.1, 0.15) is 31.2 Å². The van der Waals surface area contributed by atoms with Crippen molar-refractivity contribution in [1.29, 1.82) is 0 Å². The maximum atomic E-state index is 13.0. The zero-order valence-corrected chi connectivity index (χ0v) is 18.6. The molecule has 7 heteroatoms. The van der Waals surface area contributed by atoms with Gasteiger partial charge in [-0.3, -0.25) is 9.69 Å². The number of carbonyl (C=O) groups excluding carboxylic acids is 1. The molecule has 1 aliphatic rings. The molecule has 0 aliphatic carbocycles.